The van der Waals surface area contributed by atoms with Gasteiger partial charge in [0.25, 0.3) is 11.6 Å². The van der Waals surface area contributed by atoms with Crippen LogP contribution in [-0.2, 0) is 0 Å². The van der Waals surface area contributed by atoms with Crippen LogP contribution in [0.2, 0.25) is 0 Å². The molecular formula is C18H19N3O6. The molecule has 0 heterocycles. The van der Waals surface area contributed by atoms with Crippen LogP contribution < -0.4 is 19.6 Å². The van der Waals surface area contributed by atoms with E-state index in [1.54, 1.807) is 19.1 Å². The molecule has 0 atom stereocenters. The Hall–Kier alpha value is -3.62. The molecule has 2 aromatic carbocycles. The van der Waals surface area contributed by atoms with E-state index in [1.807, 2.05) is 0 Å². The van der Waals surface area contributed by atoms with Crippen LogP contribution >= 0.6 is 0 Å². The predicted molar refractivity (Wildman–Crippen MR) is 98.9 cm³/mol. The zero-order chi connectivity index (χ0) is 20.0. The number of non-ortho nitro benzene ring substituents is 1. The van der Waals surface area contributed by atoms with Gasteiger partial charge in [-0.2, -0.15) is 5.10 Å². The lowest BCUT2D eigenvalue weighted by Gasteiger charge is -2.13. The molecule has 27 heavy (non-hydrogen) atoms. The molecular weight excluding hydrogens is 354 g/mol. The molecule has 2 aromatic rings. The van der Waals surface area contributed by atoms with Gasteiger partial charge in [-0.25, -0.2) is 5.43 Å². The zero-order valence-corrected chi connectivity index (χ0v) is 15.3. The Morgan fingerprint density at radius 2 is 1.67 bits per heavy atom. The molecule has 0 unspecified atom stereocenters. The molecule has 1 N–H and O–H groups in total. The molecule has 0 radical (unpaired) electrons. The van der Waals surface area contributed by atoms with Crippen LogP contribution in [-0.4, -0.2) is 37.9 Å². The fourth-order valence-electron chi connectivity index (χ4n) is 2.32. The fourth-order valence-corrected chi connectivity index (χ4v) is 2.32. The van der Waals surface area contributed by atoms with Crippen molar-refractivity contribution in [2.75, 3.05) is 21.3 Å². The van der Waals surface area contributed by atoms with Gasteiger partial charge in [0.1, 0.15) is 0 Å². The highest BCUT2D eigenvalue weighted by molar-refractivity contribution is 6.01. The van der Waals surface area contributed by atoms with Crippen LogP contribution in [0.25, 0.3) is 0 Å². The molecule has 0 spiro atoms. The van der Waals surface area contributed by atoms with Crippen molar-refractivity contribution in [1.82, 2.24) is 5.43 Å². The molecule has 1 amide bonds. The third-order valence-corrected chi connectivity index (χ3v) is 3.73. The number of nitro groups is 1. The minimum Gasteiger partial charge on any atom is -0.493 e. The smallest absolute Gasteiger partial charge is 0.271 e. The van der Waals surface area contributed by atoms with Gasteiger partial charge in [-0.3, -0.25) is 14.9 Å². The van der Waals surface area contributed by atoms with Gasteiger partial charge < -0.3 is 14.2 Å². The highest BCUT2D eigenvalue weighted by Gasteiger charge is 2.17. The molecule has 0 fully saturated rings. The zero-order valence-electron chi connectivity index (χ0n) is 15.3. The van der Waals surface area contributed by atoms with Crippen molar-refractivity contribution in [2.45, 2.75) is 6.92 Å². The summed E-state index contributed by atoms with van der Waals surface area (Å²) in [6, 6.07) is 8.96. The molecule has 0 saturated carbocycles. The van der Waals surface area contributed by atoms with Crippen molar-refractivity contribution in [2.24, 2.45) is 5.10 Å². The van der Waals surface area contributed by atoms with E-state index in [2.05, 4.69) is 10.5 Å². The van der Waals surface area contributed by atoms with Gasteiger partial charge >= 0.3 is 0 Å². The third-order valence-electron chi connectivity index (χ3n) is 3.73. The van der Waals surface area contributed by atoms with E-state index in [4.69, 9.17) is 14.2 Å². The van der Waals surface area contributed by atoms with Crippen LogP contribution in [0.5, 0.6) is 17.2 Å². The van der Waals surface area contributed by atoms with E-state index in [9.17, 15) is 14.9 Å². The Kier molecular flexibility index (Phi) is 6.32. The Labute approximate surface area is 155 Å². The summed E-state index contributed by atoms with van der Waals surface area (Å²) in [4.78, 5) is 22.8. The van der Waals surface area contributed by atoms with Crippen molar-refractivity contribution in [3.8, 4) is 17.2 Å². The minimum atomic E-state index is -0.501. The largest absolute Gasteiger partial charge is 0.493 e. The highest BCUT2D eigenvalue weighted by atomic mass is 16.6. The SMILES string of the molecule is COc1cc(C(=O)N/N=C(\C)c2cccc([N+](=O)[O-])c2)cc(OC)c1OC. The first-order valence-corrected chi connectivity index (χ1v) is 7.80. The van der Waals surface area contributed by atoms with Gasteiger partial charge in [0.05, 0.1) is 32.0 Å². The Balaban J connectivity index is 2.25. The number of benzene rings is 2. The summed E-state index contributed by atoms with van der Waals surface area (Å²) in [5, 5.41) is 14.9. The predicted octanol–water partition coefficient (Wildman–Crippen LogP) is 2.77. The maximum Gasteiger partial charge on any atom is 0.271 e. The van der Waals surface area contributed by atoms with Crippen molar-refractivity contribution < 1.29 is 23.9 Å². The summed E-state index contributed by atoms with van der Waals surface area (Å²) < 4.78 is 15.6. The number of nitro benzene ring substituents is 1. The standard InChI is InChI=1S/C18H19N3O6/c1-11(12-6-5-7-14(8-12)21(23)24)19-20-18(22)13-9-15(25-2)17(27-4)16(10-13)26-3/h5-10H,1-4H3,(H,20,22)/b19-11+. The molecule has 0 saturated heterocycles. The quantitative estimate of drug-likeness (QED) is 0.454. The summed E-state index contributed by atoms with van der Waals surface area (Å²) >= 11 is 0. The molecule has 142 valence electrons. The monoisotopic (exact) mass is 373 g/mol. The van der Waals surface area contributed by atoms with E-state index in [-0.39, 0.29) is 11.3 Å². The van der Waals surface area contributed by atoms with Crippen LogP contribution in [0.3, 0.4) is 0 Å². The minimum absolute atomic E-state index is 0.0574. The van der Waals surface area contributed by atoms with Crippen LogP contribution in [0.1, 0.15) is 22.8 Å². The number of methoxy groups -OCH3 is 3. The number of hydrogen-bond donors (Lipinski definition) is 1. The molecule has 9 heteroatoms. The first-order valence-electron chi connectivity index (χ1n) is 7.80. The lowest BCUT2D eigenvalue weighted by atomic mass is 10.1. The van der Waals surface area contributed by atoms with Crippen molar-refractivity contribution in [3.63, 3.8) is 0 Å². The first-order chi connectivity index (χ1) is 12.9. The van der Waals surface area contributed by atoms with Gasteiger partial charge in [0.15, 0.2) is 11.5 Å². The topological polar surface area (TPSA) is 112 Å². The average Bonchev–Trinajstić information content (AvgIpc) is 2.70. The highest BCUT2D eigenvalue weighted by Crippen LogP contribution is 2.38. The molecule has 0 aliphatic heterocycles. The number of ether oxygens (including phenoxy) is 3. The number of carbonyl (C=O) groups excluding carboxylic acids is 1. The summed E-state index contributed by atoms with van der Waals surface area (Å²) in [5.41, 5.74) is 3.54. The van der Waals surface area contributed by atoms with Gasteiger partial charge in [-0.1, -0.05) is 12.1 Å². The van der Waals surface area contributed by atoms with E-state index in [1.165, 1.54) is 45.6 Å². The summed E-state index contributed by atoms with van der Waals surface area (Å²) in [6.45, 7) is 1.63. The molecule has 0 aliphatic carbocycles. The Morgan fingerprint density at radius 3 is 2.19 bits per heavy atom. The third kappa shape index (κ3) is 4.51. The maximum atomic E-state index is 12.4. The van der Waals surface area contributed by atoms with E-state index >= 15 is 0 Å². The first kappa shape index (κ1) is 19.7. The number of rotatable bonds is 7. The van der Waals surface area contributed by atoms with Crippen LogP contribution in [0.15, 0.2) is 41.5 Å². The lowest BCUT2D eigenvalue weighted by Crippen LogP contribution is -2.19. The molecule has 2 rings (SSSR count). The van der Waals surface area contributed by atoms with Crippen molar-refractivity contribution in [1.29, 1.82) is 0 Å². The molecule has 0 bridgehead atoms. The van der Waals surface area contributed by atoms with E-state index in [0.29, 0.717) is 28.5 Å². The maximum absolute atomic E-state index is 12.4. The van der Waals surface area contributed by atoms with Crippen LogP contribution in [0.4, 0.5) is 5.69 Å². The Bertz CT molecular complexity index is 869. The van der Waals surface area contributed by atoms with Gasteiger partial charge in [-0.15, -0.1) is 0 Å². The normalized spacial score (nSPS) is 10.9. The van der Waals surface area contributed by atoms with Crippen molar-refractivity contribution >= 4 is 17.3 Å². The van der Waals surface area contributed by atoms with Gasteiger partial charge in [0.2, 0.25) is 5.75 Å². The van der Waals surface area contributed by atoms with Crippen molar-refractivity contribution in [3.05, 3.63) is 57.6 Å². The number of carbonyl (C=O) groups is 1. The van der Waals surface area contributed by atoms with Gasteiger partial charge in [0, 0.05) is 23.3 Å². The molecule has 0 aromatic heterocycles. The van der Waals surface area contributed by atoms with Crippen LogP contribution in [0, 0.1) is 10.1 Å². The van der Waals surface area contributed by atoms with E-state index < -0.39 is 10.8 Å². The summed E-state index contributed by atoms with van der Waals surface area (Å²) in [6.07, 6.45) is 0. The second kappa shape index (κ2) is 8.65. The number of nitrogens with one attached hydrogen (secondary N) is 1. The molecule has 0 aliphatic rings. The van der Waals surface area contributed by atoms with Gasteiger partial charge in [-0.05, 0) is 19.1 Å². The van der Waals surface area contributed by atoms with E-state index in [0.717, 1.165) is 0 Å². The molecule has 9 nitrogen and oxygen atoms in total. The number of nitrogens with zero attached hydrogens (tertiary/aromatic N) is 2. The summed E-state index contributed by atoms with van der Waals surface area (Å²) in [5.74, 6) is 0.537. The number of amides is 1. The second-order valence-electron chi connectivity index (χ2n) is 5.36. The number of hydrazone groups is 1. The second-order valence-corrected chi connectivity index (χ2v) is 5.36. The average molecular weight is 373 g/mol. The number of hydrogen-bond acceptors (Lipinski definition) is 7. The summed E-state index contributed by atoms with van der Waals surface area (Å²) in [7, 11) is 4.36. The lowest BCUT2D eigenvalue weighted by molar-refractivity contribution is -0.384. The Morgan fingerprint density at radius 1 is 1.04 bits per heavy atom. The fraction of sp³-hybridized carbons (Fsp3) is 0.222.